The van der Waals surface area contributed by atoms with Crippen LogP contribution in [0.25, 0.3) is 0 Å². The van der Waals surface area contributed by atoms with Gasteiger partial charge in [0.25, 0.3) is 0 Å². The highest BCUT2D eigenvalue weighted by Crippen LogP contribution is 2.26. The normalized spacial score (nSPS) is 9.53. The van der Waals surface area contributed by atoms with Crippen LogP contribution in [-0.2, 0) is 16.0 Å². The fourth-order valence-electron chi connectivity index (χ4n) is 1.42. The molecule has 0 N–H and O–H groups in total. The van der Waals surface area contributed by atoms with Crippen molar-refractivity contribution in [1.82, 2.24) is 0 Å². The molecule has 0 aliphatic carbocycles. The Labute approximate surface area is 114 Å². The molecule has 0 atom stereocenters. The highest BCUT2D eigenvalue weighted by molar-refractivity contribution is 14.1. The van der Waals surface area contributed by atoms with Crippen LogP contribution in [0.1, 0.15) is 18.1 Å². The van der Waals surface area contributed by atoms with Crippen LogP contribution in [-0.4, -0.2) is 19.7 Å². The number of nitriles is 1. The largest absolute Gasteiger partial charge is 0.495 e. The number of carbonyl (C=O) groups is 1. The van der Waals surface area contributed by atoms with Gasteiger partial charge in [-0.1, -0.05) is 0 Å². The monoisotopic (exact) mass is 345 g/mol. The second-order valence-electron chi connectivity index (χ2n) is 3.20. The summed E-state index contributed by atoms with van der Waals surface area (Å²) in [5.74, 6) is 0.141. The third-order valence-electron chi connectivity index (χ3n) is 2.18. The van der Waals surface area contributed by atoms with Gasteiger partial charge in [0.15, 0.2) is 0 Å². The maximum absolute atomic E-state index is 11.5. The maximum Gasteiger partial charge on any atom is 0.310 e. The van der Waals surface area contributed by atoms with Crippen molar-refractivity contribution >= 4 is 28.6 Å². The molecule has 4 nitrogen and oxygen atoms in total. The van der Waals surface area contributed by atoms with E-state index < -0.39 is 0 Å². The first-order chi connectivity index (χ1) is 8.13. The molecule has 5 heteroatoms. The van der Waals surface area contributed by atoms with E-state index in [-0.39, 0.29) is 12.4 Å². The van der Waals surface area contributed by atoms with Crippen molar-refractivity contribution in [3.63, 3.8) is 0 Å². The molecule has 0 aromatic heterocycles. The number of hydrogen-bond acceptors (Lipinski definition) is 4. The number of ether oxygens (including phenoxy) is 2. The molecule has 0 spiro atoms. The average Bonchev–Trinajstić information content (AvgIpc) is 2.31. The SMILES string of the molecule is CCOC(=O)Cc1c(I)ccc(OC)c1C#N. The average molecular weight is 345 g/mol. The second-order valence-corrected chi connectivity index (χ2v) is 4.36. The lowest BCUT2D eigenvalue weighted by Crippen LogP contribution is -2.10. The number of benzene rings is 1. The van der Waals surface area contributed by atoms with Gasteiger partial charge in [-0.15, -0.1) is 0 Å². The van der Waals surface area contributed by atoms with Crippen molar-refractivity contribution in [1.29, 1.82) is 5.26 Å². The minimum Gasteiger partial charge on any atom is -0.495 e. The lowest BCUT2D eigenvalue weighted by Gasteiger charge is -2.10. The van der Waals surface area contributed by atoms with Gasteiger partial charge in [-0.2, -0.15) is 5.26 Å². The fraction of sp³-hybridized carbons (Fsp3) is 0.333. The van der Waals surface area contributed by atoms with E-state index in [1.807, 2.05) is 6.07 Å². The van der Waals surface area contributed by atoms with Gasteiger partial charge >= 0.3 is 5.97 Å². The molecule has 1 aromatic carbocycles. The number of hydrogen-bond donors (Lipinski definition) is 0. The van der Waals surface area contributed by atoms with Crippen molar-refractivity contribution in [2.24, 2.45) is 0 Å². The summed E-state index contributed by atoms with van der Waals surface area (Å²) in [5.41, 5.74) is 1.05. The van der Waals surface area contributed by atoms with E-state index in [0.717, 1.165) is 3.57 Å². The Morgan fingerprint density at radius 1 is 1.53 bits per heavy atom. The van der Waals surface area contributed by atoms with E-state index in [4.69, 9.17) is 14.7 Å². The highest BCUT2D eigenvalue weighted by Gasteiger charge is 2.16. The Kier molecular flexibility index (Phi) is 5.22. The molecule has 0 bridgehead atoms. The minimum absolute atomic E-state index is 0.0895. The molecule has 0 amide bonds. The maximum atomic E-state index is 11.5. The zero-order chi connectivity index (χ0) is 12.8. The Morgan fingerprint density at radius 2 is 2.24 bits per heavy atom. The Hall–Kier alpha value is -1.29. The molecule has 0 fully saturated rings. The molecule has 90 valence electrons. The Morgan fingerprint density at radius 3 is 2.76 bits per heavy atom. The number of rotatable bonds is 4. The summed E-state index contributed by atoms with van der Waals surface area (Å²) in [6.45, 7) is 2.08. The van der Waals surface area contributed by atoms with Crippen molar-refractivity contribution in [2.45, 2.75) is 13.3 Å². The molecule has 0 unspecified atom stereocenters. The van der Waals surface area contributed by atoms with Crippen molar-refractivity contribution < 1.29 is 14.3 Å². The molecular formula is C12H12INO3. The van der Waals surface area contributed by atoms with Crippen LogP contribution in [0.15, 0.2) is 12.1 Å². The third kappa shape index (κ3) is 3.33. The van der Waals surface area contributed by atoms with Crippen molar-refractivity contribution in [2.75, 3.05) is 13.7 Å². The van der Waals surface area contributed by atoms with Gasteiger partial charge in [-0.3, -0.25) is 4.79 Å². The summed E-state index contributed by atoms with van der Waals surface area (Å²) in [6.07, 6.45) is 0.0895. The predicted octanol–water partition coefficient (Wildman–Crippen LogP) is 2.28. The van der Waals surface area contributed by atoms with Gasteiger partial charge in [0.1, 0.15) is 11.8 Å². The zero-order valence-electron chi connectivity index (χ0n) is 9.62. The summed E-state index contributed by atoms with van der Waals surface area (Å²) in [7, 11) is 1.50. The first kappa shape index (κ1) is 13.8. The Balaban J connectivity index is 3.13. The van der Waals surface area contributed by atoms with Crippen LogP contribution in [0.5, 0.6) is 5.75 Å². The zero-order valence-corrected chi connectivity index (χ0v) is 11.8. The smallest absolute Gasteiger partial charge is 0.310 e. The summed E-state index contributed by atoms with van der Waals surface area (Å²) in [5, 5.41) is 9.11. The lowest BCUT2D eigenvalue weighted by atomic mass is 10.0. The molecule has 1 rings (SSSR count). The van der Waals surface area contributed by atoms with Gasteiger partial charge < -0.3 is 9.47 Å². The van der Waals surface area contributed by atoms with Gasteiger partial charge in [-0.25, -0.2) is 0 Å². The number of methoxy groups -OCH3 is 1. The molecule has 0 aliphatic rings. The lowest BCUT2D eigenvalue weighted by molar-refractivity contribution is -0.142. The van der Waals surface area contributed by atoms with Gasteiger partial charge in [0, 0.05) is 3.57 Å². The van der Waals surface area contributed by atoms with Crippen LogP contribution >= 0.6 is 22.6 Å². The third-order valence-corrected chi connectivity index (χ3v) is 3.19. The summed E-state index contributed by atoms with van der Waals surface area (Å²) < 4.78 is 10.8. The first-order valence-electron chi connectivity index (χ1n) is 5.05. The van der Waals surface area contributed by atoms with E-state index in [1.54, 1.807) is 13.0 Å². The van der Waals surface area contributed by atoms with Gasteiger partial charge in [0.2, 0.25) is 0 Å². The number of esters is 1. The molecule has 0 aliphatic heterocycles. The van der Waals surface area contributed by atoms with Gasteiger partial charge in [0.05, 0.1) is 25.7 Å². The standard InChI is InChI=1S/C12H12INO3/c1-3-17-12(15)6-8-9(7-14)11(16-2)5-4-10(8)13/h4-5H,3,6H2,1-2H3. The highest BCUT2D eigenvalue weighted by atomic mass is 127. The van der Waals surface area contributed by atoms with Crippen LogP contribution in [0.4, 0.5) is 0 Å². The number of carbonyl (C=O) groups excluding carboxylic acids is 1. The fourth-order valence-corrected chi connectivity index (χ4v) is 2.06. The van der Waals surface area contributed by atoms with Gasteiger partial charge in [-0.05, 0) is 47.2 Å². The van der Waals surface area contributed by atoms with Crippen molar-refractivity contribution in [3.8, 4) is 11.8 Å². The predicted molar refractivity (Wildman–Crippen MR) is 70.8 cm³/mol. The van der Waals surface area contributed by atoms with Crippen LogP contribution in [0.3, 0.4) is 0 Å². The summed E-state index contributed by atoms with van der Waals surface area (Å²) >= 11 is 2.09. The van der Waals surface area contributed by atoms with E-state index in [1.165, 1.54) is 7.11 Å². The Bertz CT molecular complexity index is 466. The topological polar surface area (TPSA) is 59.3 Å². The van der Waals surface area contributed by atoms with Crippen LogP contribution < -0.4 is 4.74 Å². The molecule has 0 heterocycles. The van der Waals surface area contributed by atoms with Crippen LogP contribution in [0, 0.1) is 14.9 Å². The van der Waals surface area contributed by atoms with E-state index in [2.05, 4.69) is 28.7 Å². The number of halogens is 1. The second kappa shape index (κ2) is 6.45. The van der Waals surface area contributed by atoms with Crippen LogP contribution in [0.2, 0.25) is 0 Å². The summed E-state index contributed by atoms with van der Waals surface area (Å²) in [6, 6.07) is 5.60. The molecule has 0 saturated heterocycles. The van der Waals surface area contributed by atoms with E-state index >= 15 is 0 Å². The van der Waals surface area contributed by atoms with Crippen molar-refractivity contribution in [3.05, 3.63) is 26.8 Å². The minimum atomic E-state index is -0.338. The molecular weight excluding hydrogens is 333 g/mol. The quantitative estimate of drug-likeness (QED) is 0.621. The molecule has 0 radical (unpaired) electrons. The number of nitrogens with zero attached hydrogens (tertiary/aromatic N) is 1. The molecule has 17 heavy (non-hydrogen) atoms. The molecule has 1 aromatic rings. The van der Waals surface area contributed by atoms with E-state index in [0.29, 0.717) is 23.5 Å². The first-order valence-corrected chi connectivity index (χ1v) is 6.13. The molecule has 0 saturated carbocycles. The van der Waals surface area contributed by atoms with E-state index in [9.17, 15) is 4.79 Å². The summed E-state index contributed by atoms with van der Waals surface area (Å²) in [4.78, 5) is 11.5.